The Morgan fingerprint density at radius 1 is 1.40 bits per heavy atom. The summed E-state index contributed by atoms with van der Waals surface area (Å²) in [5, 5.41) is 4.98. The molecule has 0 amide bonds. The Hall–Kier alpha value is -0.800. The summed E-state index contributed by atoms with van der Waals surface area (Å²) in [5.41, 5.74) is 2.12. The lowest BCUT2D eigenvalue weighted by atomic mass is 10.2. The Kier molecular flexibility index (Phi) is 3.12. The predicted octanol–water partition coefficient (Wildman–Crippen LogP) is 3.66. The van der Waals surface area contributed by atoms with Gasteiger partial charge in [-0.25, -0.2) is 4.68 Å². The number of benzene rings is 1. The molecule has 1 aromatic carbocycles. The van der Waals surface area contributed by atoms with Crippen molar-refractivity contribution in [1.29, 1.82) is 0 Å². The largest absolute Gasteiger partial charge is 0.249 e. The quantitative estimate of drug-likeness (QED) is 0.823. The van der Waals surface area contributed by atoms with E-state index >= 15 is 0 Å². The third-order valence-electron chi connectivity index (χ3n) is 2.07. The van der Waals surface area contributed by atoms with E-state index in [-0.39, 0.29) is 0 Å². The van der Waals surface area contributed by atoms with E-state index < -0.39 is 0 Å². The molecule has 15 heavy (non-hydrogen) atoms. The van der Waals surface area contributed by atoms with E-state index in [0.717, 1.165) is 10.2 Å². The molecule has 0 spiro atoms. The van der Waals surface area contributed by atoms with Gasteiger partial charge in [0.1, 0.15) is 5.15 Å². The third kappa shape index (κ3) is 2.61. The first-order chi connectivity index (χ1) is 7.15. The zero-order valence-electron chi connectivity index (χ0n) is 8.24. The van der Waals surface area contributed by atoms with Crippen molar-refractivity contribution in [3.63, 3.8) is 0 Å². The van der Waals surface area contributed by atoms with Crippen LogP contribution in [0.25, 0.3) is 0 Å². The van der Waals surface area contributed by atoms with Crippen LogP contribution in [0, 0.1) is 6.92 Å². The maximum atomic E-state index is 6.02. The van der Waals surface area contributed by atoms with E-state index in [0.29, 0.717) is 11.7 Å². The van der Waals surface area contributed by atoms with Crippen LogP contribution in [0.15, 0.2) is 34.8 Å². The summed E-state index contributed by atoms with van der Waals surface area (Å²) in [4.78, 5) is 0. The Bertz CT molecular complexity index is 479. The molecule has 0 unspecified atom stereocenters. The molecule has 0 N–H and O–H groups in total. The number of halogens is 2. The van der Waals surface area contributed by atoms with E-state index in [1.807, 2.05) is 25.1 Å². The van der Waals surface area contributed by atoms with Crippen LogP contribution in [-0.4, -0.2) is 9.78 Å². The molecule has 2 rings (SSSR count). The van der Waals surface area contributed by atoms with Gasteiger partial charge >= 0.3 is 0 Å². The molecule has 0 saturated carbocycles. The number of aromatic nitrogens is 2. The van der Waals surface area contributed by atoms with E-state index in [9.17, 15) is 0 Å². The van der Waals surface area contributed by atoms with Crippen LogP contribution in [0.4, 0.5) is 0 Å². The van der Waals surface area contributed by atoms with E-state index in [1.165, 1.54) is 5.56 Å². The van der Waals surface area contributed by atoms with Crippen LogP contribution < -0.4 is 0 Å². The van der Waals surface area contributed by atoms with Gasteiger partial charge in [0.25, 0.3) is 0 Å². The van der Waals surface area contributed by atoms with Crippen molar-refractivity contribution in [1.82, 2.24) is 9.78 Å². The van der Waals surface area contributed by atoms with Gasteiger partial charge in [-0.15, -0.1) is 0 Å². The highest BCUT2D eigenvalue weighted by molar-refractivity contribution is 9.10. The zero-order chi connectivity index (χ0) is 10.8. The second kappa shape index (κ2) is 4.37. The van der Waals surface area contributed by atoms with Crippen molar-refractivity contribution < 1.29 is 0 Å². The number of hydrogen-bond donors (Lipinski definition) is 0. The molecule has 0 atom stereocenters. The van der Waals surface area contributed by atoms with Crippen molar-refractivity contribution >= 4 is 27.5 Å². The standard InChI is InChI=1S/C11H10BrClN2/c1-8-5-11(13)15(14-8)7-9-3-2-4-10(12)6-9/h2-6H,7H2,1H3. The minimum Gasteiger partial charge on any atom is -0.249 e. The maximum Gasteiger partial charge on any atom is 0.127 e. The monoisotopic (exact) mass is 284 g/mol. The fourth-order valence-electron chi connectivity index (χ4n) is 1.43. The molecule has 0 radical (unpaired) electrons. The first-order valence-electron chi connectivity index (χ1n) is 4.59. The van der Waals surface area contributed by atoms with Crippen molar-refractivity contribution in [2.45, 2.75) is 13.5 Å². The summed E-state index contributed by atoms with van der Waals surface area (Å²) >= 11 is 9.46. The summed E-state index contributed by atoms with van der Waals surface area (Å²) in [5.74, 6) is 0. The van der Waals surface area contributed by atoms with Gasteiger partial charge in [0.05, 0.1) is 12.2 Å². The first kappa shape index (κ1) is 10.7. The minimum atomic E-state index is 0.674. The number of aryl methyl sites for hydroxylation is 1. The topological polar surface area (TPSA) is 17.8 Å². The molecule has 0 fully saturated rings. The van der Waals surface area contributed by atoms with Gasteiger partial charge in [-0.3, -0.25) is 0 Å². The highest BCUT2D eigenvalue weighted by Gasteiger charge is 2.03. The smallest absolute Gasteiger partial charge is 0.127 e. The zero-order valence-corrected chi connectivity index (χ0v) is 10.6. The summed E-state index contributed by atoms with van der Waals surface area (Å²) in [6.07, 6.45) is 0. The van der Waals surface area contributed by atoms with Gasteiger partial charge < -0.3 is 0 Å². The molecule has 2 nitrogen and oxygen atoms in total. The van der Waals surface area contributed by atoms with Gasteiger partial charge in [0.2, 0.25) is 0 Å². The van der Waals surface area contributed by atoms with Crippen molar-refractivity contribution in [2.75, 3.05) is 0 Å². The van der Waals surface area contributed by atoms with E-state index in [4.69, 9.17) is 11.6 Å². The second-order valence-corrected chi connectivity index (χ2v) is 4.70. The molecule has 0 aliphatic heterocycles. The molecular formula is C11H10BrClN2. The molecule has 0 aliphatic carbocycles. The number of nitrogens with zero attached hydrogens (tertiary/aromatic N) is 2. The fraction of sp³-hybridized carbons (Fsp3) is 0.182. The van der Waals surface area contributed by atoms with Crippen LogP contribution in [0.1, 0.15) is 11.3 Å². The van der Waals surface area contributed by atoms with Gasteiger partial charge in [0.15, 0.2) is 0 Å². The van der Waals surface area contributed by atoms with Crippen LogP contribution in [-0.2, 0) is 6.54 Å². The van der Waals surface area contributed by atoms with Gasteiger partial charge in [-0.2, -0.15) is 5.10 Å². The third-order valence-corrected chi connectivity index (χ3v) is 2.87. The predicted molar refractivity (Wildman–Crippen MR) is 65.2 cm³/mol. The highest BCUT2D eigenvalue weighted by Crippen LogP contribution is 2.16. The van der Waals surface area contributed by atoms with Crippen molar-refractivity contribution in [2.24, 2.45) is 0 Å². The van der Waals surface area contributed by atoms with Crippen LogP contribution >= 0.6 is 27.5 Å². The molecular weight excluding hydrogens is 275 g/mol. The van der Waals surface area contributed by atoms with Crippen molar-refractivity contribution in [3.05, 3.63) is 51.2 Å². The minimum absolute atomic E-state index is 0.674. The summed E-state index contributed by atoms with van der Waals surface area (Å²) in [6, 6.07) is 9.98. The summed E-state index contributed by atoms with van der Waals surface area (Å²) in [6.45, 7) is 2.63. The summed E-state index contributed by atoms with van der Waals surface area (Å²) < 4.78 is 2.86. The van der Waals surface area contributed by atoms with Gasteiger partial charge in [0, 0.05) is 4.47 Å². The molecule has 1 heterocycles. The fourth-order valence-corrected chi connectivity index (χ4v) is 2.14. The second-order valence-electron chi connectivity index (χ2n) is 3.40. The molecule has 78 valence electrons. The lowest BCUT2D eigenvalue weighted by Crippen LogP contribution is -2.01. The SMILES string of the molecule is Cc1cc(Cl)n(Cc2cccc(Br)c2)n1. The molecule has 0 bridgehead atoms. The molecule has 4 heteroatoms. The Labute approximate surface area is 102 Å². The van der Waals surface area contributed by atoms with Crippen LogP contribution in [0.3, 0.4) is 0 Å². The molecule has 0 saturated heterocycles. The first-order valence-corrected chi connectivity index (χ1v) is 5.76. The Morgan fingerprint density at radius 3 is 2.80 bits per heavy atom. The molecule has 1 aromatic heterocycles. The lowest BCUT2D eigenvalue weighted by Gasteiger charge is -2.03. The molecule has 0 aliphatic rings. The van der Waals surface area contributed by atoms with Crippen LogP contribution in [0.5, 0.6) is 0 Å². The van der Waals surface area contributed by atoms with Gasteiger partial charge in [-0.1, -0.05) is 39.7 Å². The maximum absolute atomic E-state index is 6.02. The van der Waals surface area contributed by atoms with Gasteiger partial charge in [-0.05, 0) is 30.7 Å². The van der Waals surface area contributed by atoms with Crippen LogP contribution in [0.2, 0.25) is 5.15 Å². The Balaban J connectivity index is 2.25. The van der Waals surface area contributed by atoms with Crippen molar-refractivity contribution in [3.8, 4) is 0 Å². The summed E-state index contributed by atoms with van der Waals surface area (Å²) in [7, 11) is 0. The average Bonchev–Trinajstić information content (AvgIpc) is 2.45. The molecule has 2 aromatic rings. The average molecular weight is 286 g/mol. The lowest BCUT2D eigenvalue weighted by molar-refractivity contribution is 0.680. The number of rotatable bonds is 2. The normalized spacial score (nSPS) is 10.6. The Morgan fingerprint density at radius 2 is 2.20 bits per heavy atom. The number of hydrogen-bond acceptors (Lipinski definition) is 1. The highest BCUT2D eigenvalue weighted by atomic mass is 79.9. The van der Waals surface area contributed by atoms with E-state index in [2.05, 4.69) is 33.2 Å². The van der Waals surface area contributed by atoms with E-state index in [1.54, 1.807) is 4.68 Å².